The van der Waals surface area contributed by atoms with Crippen LogP contribution < -0.4 is 14.8 Å². The molecule has 0 radical (unpaired) electrons. The van der Waals surface area contributed by atoms with Crippen LogP contribution in [0.15, 0.2) is 42.6 Å². The van der Waals surface area contributed by atoms with Gasteiger partial charge < -0.3 is 24.9 Å². The number of imidazole rings is 1. The minimum atomic E-state index is -0.453. The zero-order valence-electron chi connectivity index (χ0n) is 13.2. The number of anilines is 1. The number of ether oxygens (including phenoxy) is 2. The molecule has 0 aliphatic carbocycles. The first-order chi connectivity index (χ1) is 11.7. The average molecular weight is 328 g/mol. The molecule has 124 valence electrons. The van der Waals surface area contributed by atoms with Crippen LogP contribution in [0.25, 0.3) is 5.65 Å². The monoisotopic (exact) mass is 328 g/mol. The van der Waals surface area contributed by atoms with Crippen LogP contribution in [0, 0.1) is 10.1 Å². The molecule has 1 aromatic carbocycles. The molecule has 0 amide bonds. The summed E-state index contributed by atoms with van der Waals surface area (Å²) in [5.74, 6) is 1.28. The van der Waals surface area contributed by atoms with Crippen molar-refractivity contribution in [1.82, 2.24) is 9.38 Å². The fraction of sp³-hybridized carbons (Fsp3) is 0.188. The molecule has 24 heavy (non-hydrogen) atoms. The quantitative estimate of drug-likeness (QED) is 0.552. The van der Waals surface area contributed by atoms with E-state index >= 15 is 0 Å². The van der Waals surface area contributed by atoms with Gasteiger partial charge in [-0.25, -0.2) is 0 Å². The summed E-state index contributed by atoms with van der Waals surface area (Å²) in [6.45, 7) is 0.311. The third-order valence-corrected chi connectivity index (χ3v) is 3.61. The second kappa shape index (κ2) is 6.45. The Morgan fingerprint density at radius 2 is 2.04 bits per heavy atom. The number of aromatic nitrogens is 2. The van der Waals surface area contributed by atoms with Crippen molar-refractivity contribution in [2.24, 2.45) is 0 Å². The summed E-state index contributed by atoms with van der Waals surface area (Å²) in [5, 5.41) is 14.4. The zero-order valence-corrected chi connectivity index (χ0v) is 13.2. The molecule has 0 fully saturated rings. The Morgan fingerprint density at radius 1 is 1.21 bits per heavy atom. The molecule has 0 bridgehead atoms. The van der Waals surface area contributed by atoms with Gasteiger partial charge in [0.15, 0.2) is 11.5 Å². The first-order valence-electron chi connectivity index (χ1n) is 7.21. The molecule has 8 nitrogen and oxygen atoms in total. The molecule has 0 spiro atoms. The second-order valence-corrected chi connectivity index (χ2v) is 4.98. The highest BCUT2D eigenvalue weighted by molar-refractivity contribution is 5.62. The van der Waals surface area contributed by atoms with Crippen LogP contribution in [0.3, 0.4) is 0 Å². The van der Waals surface area contributed by atoms with Gasteiger partial charge in [0.2, 0.25) is 11.5 Å². The van der Waals surface area contributed by atoms with E-state index in [1.165, 1.54) is 4.40 Å². The normalized spacial score (nSPS) is 10.6. The summed E-state index contributed by atoms with van der Waals surface area (Å²) in [6.07, 6.45) is 1.61. The van der Waals surface area contributed by atoms with Crippen LogP contribution in [-0.4, -0.2) is 28.5 Å². The van der Waals surface area contributed by atoms with Gasteiger partial charge in [-0.3, -0.25) is 0 Å². The summed E-state index contributed by atoms with van der Waals surface area (Å²) < 4.78 is 12.1. The van der Waals surface area contributed by atoms with Gasteiger partial charge in [0.1, 0.15) is 0 Å². The van der Waals surface area contributed by atoms with Crippen molar-refractivity contribution >= 4 is 17.3 Å². The van der Waals surface area contributed by atoms with Crippen molar-refractivity contribution in [3.63, 3.8) is 0 Å². The van der Waals surface area contributed by atoms with Crippen molar-refractivity contribution in [3.05, 3.63) is 58.3 Å². The van der Waals surface area contributed by atoms with Gasteiger partial charge in [0.05, 0.1) is 20.4 Å². The van der Waals surface area contributed by atoms with Crippen molar-refractivity contribution < 1.29 is 14.4 Å². The lowest BCUT2D eigenvalue weighted by Gasteiger charge is -2.12. The smallest absolute Gasteiger partial charge is 0.372 e. The molecular formula is C16H16N4O4. The van der Waals surface area contributed by atoms with E-state index in [2.05, 4.69) is 10.3 Å². The highest BCUT2D eigenvalue weighted by atomic mass is 16.6. The number of para-hydroxylation sites is 1. The molecule has 3 rings (SSSR count). The Labute approximate surface area is 137 Å². The molecular weight excluding hydrogens is 312 g/mol. The summed E-state index contributed by atoms with van der Waals surface area (Å²) in [6, 6.07) is 10.7. The summed E-state index contributed by atoms with van der Waals surface area (Å²) >= 11 is 0. The number of methoxy groups -OCH3 is 2. The van der Waals surface area contributed by atoms with Crippen LogP contribution in [0.5, 0.6) is 11.5 Å². The fourth-order valence-corrected chi connectivity index (χ4v) is 2.55. The van der Waals surface area contributed by atoms with E-state index in [-0.39, 0.29) is 11.6 Å². The van der Waals surface area contributed by atoms with Crippen molar-refractivity contribution in [1.29, 1.82) is 0 Å². The number of hydrogen-bond acceptors (Lipinski definition) is 6. The van der Waals surface area contributed by atoms with E-state index in [0.29, 0.717) is 23.7 Å². The maximum Gasteiger partial charge on any atom is 0.372 e. The molecule has 0 aliphatic heterocycles. The maximum absolute atomic E-state index is 11.4. The van der Waals surface area contributed by atoms with Crippen LogP contribution >= 0.6 is 0 Å². The van der Waals surface area contributed by atoms with Gasteiger partial charge in [-0.2, -0.15) is 9.38 Å². The van der Waals surface area contributed by atoms with E-state index in [1.807, 2.05) is 12.1 Å². The van der Waals surface area contributed by atoms with Gasteiger partial charge in [-0.1, -0.05) is 18.2 Å². The highest BCUT2D eigenvalue weighted by Gasteiger charge is 2.22. The number of fused-ring (bicyclic) bond motifs is 1. The lowest BCUT2D eigenvalue weighted by Crippen LogP contribution is -2.05. The van der Waals surface area contributed by atoms with Crippen LogP contribution in [-0.2, 0) is 6.54 Å². The van der Waals surface area contributed by atoms with Crippen LogP contribution in [0.1, 0.15) is 5.56 Å². The highest BCUT2D eigenvalue weighted by Crippen LogP contribution is 2.32. The molecule has 0 aliphatic rings. The lowest BCUT2D eigenvalue weighted by atomic mass is 10.2. The van der Waals surface area contributed by atoms with Crippen molar-refractivity contribution in [2.75, 3.05) is 19.5 Å². The van der Waals surface area contributed by atoms with Crippen LogP contribution in [0.4, 0.5) is 11.6 Å². The molecule has 0 atom stereocenters. The molecule has 2 aromatic heterocycles. The minimum Gasteiger partial charge on any atom is -0.493 e. The number of rotatable bonds is 6. The fourth-order valence-electron chi connectivity index (χ4n) is 2.55. The third-order valence-electron chi connectivity index (χ3n) is 3.61. The number of nitrogens with zero attached hydrogens (tertiary/aromatic N) is 3. The molecule has 3 aromatic rings. The van der Waals surface area contributed by atoms with Gasteiger partial charge in [-0.15, -0.1) is 0 Å². The summed E-state index contributed by atoms with van der Waals surface area (Å²) in [7, 11) is 3.11. The Balaban J connectivity index is 1.94. The minimum absolute atomic E-state index is 0.104. The predicted molar refractivity (Wildman–Crippen MR) is 88.7 cm³/mol. The number of pyridine rings is 1. The number of nitrogens with one attached hydrogen (secondary N) is 1. The van der Waals surface area contributed by atoms with Gasteiger partial charge in [-0.05, 0) is 17.1 Å². The topological polar surface area (TPSA) is 90.9 Å². The molecule has 1 N–H and O–H groups in total. The van der Waals surface area contributed by atoms with Crippen LogP contribution in [0.2, 0.25) is 0 Å². The van der Waals surface area contributed by atoms with E-state index in [4.69, 9.17) is 9.47 Å². The maximum atomic E-state index is 11.4. The summed E-state index contributed by atoms with van der Waals surface area (Å²) in [5.41, 5.74) is 1.31. The lowest BCUT2D eigenvalue weighted by molar-refractivity contribution is -0.389. The molecule has 2 heterocycles. The van der Waals surface area contributed by atoms with E-state index in [0.717, 1.165) is 5.56 Å². The largest absolute Gasteiger partial charge is 0.493 e. The van der Waals surface area contributed by atoms with E-state index in [1.54, 1.807) is 44.7 Å². The van der Waals surface area contributed by atoms with Gasteiger partial charge in [0, 0.05) is 18.2 Å². The number of nitro groups is 1. The summed E-state index contributed by atoms with van der Waals surface area (Å²) in [4.78, 5) is 15.2. The Hall–Kier alpha value is -3.29. The SMILES string of the molecule is COc1cccc(CNc2nc3ccccn3c2[N+](=O)[O-])c1OC. The molecule has 0 unspecified atom stereocenters. The Kier molecular flexibility index (Phi) is 4.19. The number of hydrogen-bond donors (Lipinski definition) is 1. The van der Waals surface area contributed by atoms with Crippen molar-refractivity contribution in [2.45, 2.75) is 6.54 Å². The van der Waals surface area contributed by atoms with Crippen molar-refractivity contribution in [3.8, 4) is 11.5 Å². The zero-order chi connectivity index (χ0) is 17.1. The molecule has 0 saturated heterocycles. The number of benzene rings is 1. The van der Waals surface area contributed by atoms with Gasteiger partial charge >= 0.3 is 5.82 Å². The van der Waals surface area contributed by atoms with E-state index in [9.17, 15) is 10.1 Å². The predicted octanol–water partition coefficient (Wildman–Crippen LogP) is 2.87. The first-order valence-corrected chi connectivity index (χ1v) is 7.21. The Bertz CT molecular complexity index is 891. The second-order valence-electron chi connectivity index (χ2n) is 4.98. The molecule has 0 saturated carbocycles. The third kappa shape index (κ3) is 2.69. The molecule has 8 heteroatoms. The average Bonchev–Trinajstić information content (AvgIpc) is 2.97. The first kappa shape index (κ1) is 15.6. The Morgan fingerprint density at radius 3 is 2.75 bits per heavy atom. The van der Waals surface area contributed by atoms with E-state index < -0.39 is 4.92 Å². The van der Waals surface area contributed by atoms with Gasteiger partial charge in [0.25, 0.3) is 0 Å². The standard InChI is InChI=1S/C16H16N4O4/c1-23-12-7-5-6-11(14(12)24-2)10-17-15-16(20(21)22)19-9-4-3-8-13(19)18-15/h3-9,17H,10H2,1-2H3.